The predicted molar refractivity (Wildman–Crippen MR) is 73.2 cm³/mol. The molecule has 0 saturated carbocycles. The number of alkyl halides is 2. The van der Waals surface area contributed by atoms with E-state index < -0.39 is 31.0 Å². The molecule has 0 aliphatic carbocycles. The van der Waals surface area contributed by atoms with Crippen LogP contribution in [0, 0.1) is 11.7 Å². The van der Waals surface area contributed by atoms with Crippen molar-refractivity contribution in [3.8, 4) is 0 Å². The molecule has 0 bridgehead atoms. The maximum absolute atomic E-state index is 13.3. The molecular weight excluding hydrogens is 281 g/mol. The highest BCUT2D eigenvalue weighted by molar-refractivity contribution is 5.84. The molecule has 1 heterocycles. The molecule has 0 aromatic heterocycles. The number of carbonyl (C=O) groups is 1. The standard InChI is InChI=1S/C15H19F3N2O/c1-9(2)6-12-15(21)20(8-13(17)18)14(19-12)10-4-3-5-11(16)7-10/h3-5,7,9,12-14,19H,6,8H2,1-2H3. The molecule has 2 atom stereocenters. The lowest BCUT2D eigenvalue weighted by molar-refractivity contribution is -0.132. The topological polar surface area (TPSA) is 32.3 Å². The van der Waals surface area contributed by atoms with E-state index in [2.05, 4.69) is 5.32 Å². The highest BCUT2D eigenvalue weighted by atomic mass is 19.3. The number of carbonyl (C=O) groups excluding carboxylic acids is 1. The van der Waals surface area contributed by atoms with Crippen molar-refractivity contribution in [3.63, 3.8) is 0 Å². The first kappa shape index (κ1) is 15.8. The molecule has 0 spiro atoms. The molecule has 21 heavy (non-hydrogen) atoms. The summed E-state index contributed by atoms with van der Waals surface area (Å²) in [6.07, 6.45) is -2.76. The molecule has 1 aliphatic heterocycles. The van der Waals surface area contributed by atoms with Gasteiger partial charge in [-0.15, -0.1) is 0 Å². The minimum absolute atomic E-state index is 0.256. The van der Waals surface area contributed by atoms with E-state index in [1.807, 2.05) is 13.8 Å². The van der Waals surface area contributed by atoms with Gasteiger partial charge in [-0.25, -0.2) is 13.2 Å². The number of rotatable bonds is 5. The van der Waals surface area contributed by atoms with Gasteiger partial charge in [-0.3, -0.25) is 10.1 Å². The van der Waals surface area contributed by atoms with Gasteiger partial charge in [0.15, 0.2) is 0 Å². The Kier molecular flexibility index (Phi) is 4.88. The van der Waals surface area contributed by atoms with Crippen molar-refractivity contribution in [2.45, 2.75) is 38.9 Å². The Morgan fingerprint density at radius 1 is 1.33 bits per heavy atom. The molecule has 2 unspecified atom stereocenters. The van der Waals surface area contributed by atoms with Crippen LogP contribution in [0.15, 0.2) is 24.3 Å². The van der Waals surface area contributed by atoms with Crippen LogP contribution in [0.3, 0.4) is 0 Å². The summed E-state index contributed by atoms with van der Waals surface area (Å²) in [6, 6.07) is 5.18. The smallest absolute Gasteiger partial charge is 0.255 e. The summed E-state index contributed by atoms with van der Waals surface area (Å²) in [5, 5.41) is 3.05. The van der Waals surface area contributed by atoms with Crippen LogP contribution in [0.1, 0.15) is 32.0 Å². The van der Waals surface area contributed by atoms with Crippen LogP contribution in [0.2, 0.25) is 0 Å². The molecule has 0 radical (unpaired) electrons. The molecule has 1 aliphatic rings. The summed E-state index contributed by atoms with van der Waals surface area (Å²) in [5.74, 6) is -0.546. The first-order valence-corrected chi connectivity index (χ1v) is 6.98. The molecule has 1 aromatic carbocycles. The molecule has 1 aromatic rings. The van der Waals surface area contributed by atoms with Crippen LogP contribution in [0.4, 0.5) is 13.2 Å². The van der Waals surface area contributed by atoms with Crippen molar-refractivity contribution in [3.05, 3.63) is 35.6 Å². The number of hydrogen-bond acceptors (Lipinski definition) is 2. The third kappa shape index (κ3) is 3.75. The monoisotopic (exact) mass is 300 g/mol. The Labute approximate surface area is 122 Å². The average molecular weight is 300 g/mol. The molecule has 1 amide bonds. The Morgan fingerprint density at radius 3 is 2.62 bits per heavy atom. The lowest BCUT2D eigenvalue weighted by atomic mass is 10.0. The van der Waals surface area contributed by atoms with Gasteiger partial charge in [0.05, 0.1) is 12.6 Å². The summed E-state index contributed by atoms with van der Waals surface area (Å²) < 4.78 is 38.8. The molecule has 1 saturated heterocycles. The van der Waals surface area contributed by atoms with E-state index in [-0.39, 0.29) is 11.8 Å². The highest BCUT2D eigenvalue weighted by Gasteiger charge is 2.40. The van der Waals surface area contributed by atoms with E-state index in [1.165, 1.54) is 18.2 Å². The number of benzene rings is 1. The zero-order valence-corrected chi connectivity index (χ0v) is 12.0. The Morgan fingerprint density at radius 2 is 2.05 bits per heavy atom. The van der Waals surface area contributed by atoms with Gasteiger partial charge in [0, 0.05) is 0 Å². The van der Waals surface area contributed by atoms with Gasteiger partial charge in [0.2, 0.25) is 5.91 Å². The number of halogens is 3. The zero-order chi connectivity index (χ0) is 15.6. The number of nitrogens with one attached hydrogen (secondary N) is 1. The molecule has 6 heteroatoms. The number of amides is 1. The van der Waals surface area contributed by atoms with E-state index >= 15 is 0 Å². The fraction of sp³-hybridized carbons (Fsp3) is 0.533. The van der Waals surface area contributed by atoms with E-state index in [4.69, 9.17) is 0 Å². The van der Waals surface area contributed by atoms with Gasteiger partial charge in [-0.2, -0.15) is 0 Å². The van der Waals surface area contributed by atoms with Crippen LogP contribution in [-0.4, -0.2) is 29.8 Å². The van der Waals surface area contributed by atoms with Crippen LogP contribution >= 0.6 is 0 Å². The molecule has 116 valence electrons. The minimum Gasteiger partial charge on any atom is -0.316 e. The fourth-order valence-corrected chi connectivity index (χ4v) is 2.62. The highest BCUT2D eigenvalue weighted by Crippen LogP contribution is 2.28. The maximum Gasteiger partial charge on any atom is 0.255 e. The second kappa shape index (κ2) is 6.47. The van der Waals surface area contributed by atoms with E-state index in [1.54, 1.807) is 6.07 Å². The lowest BCUT2D eigenvalue weighted by Gasteiger charge is -2.24. The van der Waals surface area contributed by atoms with Gasteiger partial charge in [0.25, 0.3) is 6.43 Å². The van der Waals surface area contributed by atoms with Crippen molar-refractivity contribution in [2.75, 3.05) is 6.54 Å². The van der Waals surface area contributed by atoms with E-state index in [0.29, 0.717) is 12.0 Å². The molecule has 1 N–H and O–H groups in total. The number of hydrogen-bond donors (Lipinski definition) is 1. The Bertz CT molecular complexity index is 507. The van der Waals surface area contributed by atoms with Gasteiger partial charge < -0.3 is 4.90 Å². The van der Waals surface area contributed by atoms with Crippen LogP contribution in [-0.2, 0) is 4.79 Å². The normalized spacial score (nSPS) is 22.6. The Hall–Kier alpha value is -1.56. The van der Waals surface area contributed by atoms with Crippen molar-refractivity contribution in [2.24, 2.45) is 5.92 Å². The summed E-state index contributed by atoms with van der Waals surface area (Å²) >= 11 is 0. The first-order valence-electron chi connectivity index (χ1n) is 6.98. The van der Waals surface area contributed by atoms with Crippen LogP contribution in [0.25, 0.3) is 0 Å². The van der Waals surface area contributed by atoms with Crippen molar-refractivity contribution < 1.29 is 18.0 Å². The van der Waals surface area contributed by atoms with Gasteiger partial charge in [0.1, 0.15) is 12.0 Å². The van der Waals surface area contributed by atoms with E-state index in [0.717, 1.165) is 4.90 Å². The largest absolute Gasteiger partial charge is 0.316 e. The summed E-state index contributed by atoms with van der Waals surface area (Å²) in [4.78, 5) is 13.4. The molecule has 2 rings (SSSR count). The van der Waals surface area contributed by atoms with E-state index in [9.17, 15) is 18.0 Å². The van der Waals surface area contributed by atoms with Crippen molar-refractivity contribution in [1.29, 1.82) is 0 Å². The van der Waals surface area contributed by atoms with Crippen LogP contribution in [0.5, 0.6) is 0 Å². The summed E-state index contributed by atoms with van der Waals surface area (Å²) in [6.45, 7) is 3.27. The third-order valence-electron chi connectivity index (χ3n) is 3.46. The summed E-state index contributed by atoms with van der Waals surface area (Å²) in [7, 11) is 0. The SMILES string of the molecule is CC(C)CC1NC(c2cccc(F)c2)N(CC(F)F)C1=O. The number of nitrogens with zero attached hydrogens (tertiary/aromatic N) is 1. The Balaban J connectivity index is 2.26. The van der Waals surface area contributed by atoms with Gasteiger partial charge in [-0.1, -0.05) is 26.0 Å². The quantitative estimate of drug-likeness (QED) is 0.907. The predicted octanol–water partition coefficient (Wildman–Crippen LogP) is 2.94. The summed E-state index contributed by atoms with van der Waals surface area (Å²) in [5.41, 5.74) is 0.482. The second-order valence-corrected chi connectivity index (χ2v) is 5.69. The van der Waals surface area contributed by atoms with Gasteiger partial charge >= 0.3 is 0 Å². The maximum atomic E-state index is 13.3. The fourth-order valence-electron chi connectivity index (χ4n) is 2.62. The molecular formula is C15H19F3N2O. The molecule has 1 fully saturated rings. The van der Waals surface area contributed by atoms with Crippen molar-refractivity contribution >= 4 is 5.91 Å². The van der Waals surface area contributed by atoms with Crippen LogP contribution < -0.4 is 5.32 Å². The second-order valence-electron chi connectivity index (χ2n) is 5.69. The molecule has 3 nitrogen and oxygen atoms in total. The minimum atomic E-state index is -2.62. The lowest BCUT2D eigenvalue weighted by Crippen LogP contribution is -2.35. The third-order valence-corrected chi connectivity index (χ3v) is 3.46. The van der Waals surface area contributed by atoms with Crippen molar-refractivity contribution in [1.82, 2.24) is 10.2 Å². The first-order chi connectivity index (χ1) is 9.88. The van der Waals surface area contributed by atoms with Gasteiger partial charge in [-0.05, 0) is 30.0 Å². The average Bonchev–Trinajstić information content (AvgIpc) is 2.66. The zero-order valence-electron chi connectivity index (χ0n) is 12.0.